The van der Waals surface area contributed by atoms with Crippen molar-refractivity contribution in [2.45, 2.75) is 302 Å². The van der Waals surface area contributed by atoms with Crippen molar-refractivity contribution in [3.63, 3.8) is 0 Å². The Hall–Kier alpha value is -1.40. The van der Waals surface area contributed by atoms with E-state index in [1.807, 2.05) is 0 Å². The molecule has 0 rings (SSSR count). The molecule has 0 saturated heterocycles. The maximum Gasteiger partial charge on any atom is 0.306 e. The summed E-state index contributed by atoms with van der Waals surface area (Å²) in [5.74, 6) is -0.490. The van der Waals surface area contributed by atoms with Gasteiger partial charge in [-0.15, -0.1) is 0 Å². The molecule has 0 spiro atoms. The second-order valence-corrected chi connectivity index (χ2v) is 17.9. The van der Waals surface area contributed by atoms with Crippen molar-refractivity contribution in [3.8, 4) is 0 Å². The first kappa shape index (κ1) is 56.6. The molecule has 0 aromatic heterocycles. The summed E-state index contributed by atoms with van der Waals surface area (Å²) in [6.45, 7) is 6.48. The summed E-state index contributed by atoms with van der Waals surface area (Å²) in [5.41, 5.74) is 0. The predicted octanol–water partition coefficient (Wildman–Crippen LogP) is 15.3. The number of hydrogen-bond acceptors (Lipinski definition) is 5. The van der Waals surface area contributed by atoms with Gasteiger partial charge in [0.15, 0.2) is 0 Å². The summed E-state index contributed by atoms with van der Waals surface area (Å²) in [5, 5.41) is 23.8. The molecular formula is C52H101NO5. The van der Waals surface area contributed by atoms with Crippen molar-refractivity contribution in [2.24, 2.45) is 0 Å². The van der Waals surface area contributed by atoms with Crippen LogP contribution in [0.5, 0.6) is 0 Å². The predicted molar refractivity (Wildman–Crippen MR) is 250 cm³/mol. The van der Waals surface area contributed by atoms with E-state index >= 15 is 0 Å². The summed E-state index contributed by atoms with van der Waals surface area (Å²) in [6, 6.07) is -0.703. The van der Waals surface area contributed by atoms with Crippen LogP contribution in [0.3, 0.4) is 0 Å². The zero-order valence-corrected chi connectivity index (χ0v) is 39.2. The molecule has 0 heterocycles. The van der Waals surface area contributed by atoms with Gasteiger partial charge in [-0.2, -0.15) is 0 Å². The molecule has 0 radical (unpaired) electrons. The van der Waals surface area contributed by atoms with Gasteiger partial charge in [0, 0.05) is 6.42 Å². The van der Waals surface area contributed by atoms with Crippen LogP contribution in [0, 0.1) is 0 Å². The first-order chi connectivity index (χ1) is 28.5. The van der Waals surface area contributed by atoms with E-state index in [-0.39, 0.29) is 24.9 Å². The number of carbonyl (C=O) groups is 2. The lowest BCUT2D eigenvalue weighted by Crippen LogP contribution is -2.46. The molecule has 6 nitrogen and oxygen atoms in total. The Morgan fingerprint density at radius 2 is 0.845 bits per heavy atom. The molecule has 0 aromatic carbocycles. The Morgan fingerprint density at radius 3 is 1.26 bits per heavy atom. The van der Waals surface area contributed by atoms with Crippen molar-refractivity contribution >= 4 is 11.9 Å². The van der Waals surface area contributed by atoms with Crippen molar-refractivity contribution in [3.05, 3.63) is 12.2 Å². The third-order valence-corrected chi connectivity index (χ3v) is 12.1. The van der Waals surface area contributed by atoms with Crippen LogP contribution in [0.2, 0.25) is 0 Å². The average molecular weight is 820 g/mol. The van der Waals surface area contributed by atoms with Gasteiger partial charge >= 0.3 is 5.97 Å². The molecule has 0 aliphatic rings. The number of unbranched alkanes of at least 4 members (excludes halogenated alkanes) is 33. The van der Waals surface area contributed by atoms with E-state index in [1.54, 1.807) is 0 Å². The molecule has 3 atom stereocenters. The van der Waals surface area contributed by atoms with E-state index in [9.17, 15) is 19.8 Å². The quantitative estimate of drug-likeness (QED) is 0.0323. The SMILES string of the molecule is CCCCCCCCC/C=C\CCCC(CC(=O)NC(CO)C(O)CCCCCCCCCCCCCCCCCCC)OC(=O)CCCCCCCCCCCC. The van der Waals surface area contributed by atoms with E-state index < -0.39 is 18.2 Å². The van der Waals surface area contributed by atoms with Gasteiger partial charge in [-0.3, -0.25) is 9.59 Å². The number of carbonyl (C=O) groups excluding carboxylic acids is 2. The lowest BCUT2D eigenvalue weighted by Gasteiger charge is -2.24. The van der Waals surface area contributed by atoms with Crippen LogP contribution < -0.4 is 5.32 Å². The molecule has 6 heteroatoms. The third-order valence-electron chi connectivity index (χ3n) is 12.1. The lowest BCUT2D eigenvalue weighted by atomic mass is 10.0. The zero-order chi connectivity index (χ0) is 42.4. The number of ether oxygens (including phenoxy) is 1. The fraction of sp³-hybridized carbons (Fsp3) is 0.923. The largest absolute Gasteiger partial charge is 0.462 e. The van der Waals surface area contributed by atoms with Crippen molar-refractivity contribution in [1.29, 1.82) is 0 Å². The molecule has 3 N–H and O–H groups in total. The molecule has 1 amide bonds. The molecule has 3 unspecified atom stereocenters. The first-order valence-electron chi connectivity index (χ1n) is 25.9. The van der Waals surface area contributed by atoms with E-state index in [4.69, 9.17) is 4.74 Å². The Balaban J connectivity index is 4.46. The number of hydrogen-bond donors (Lipinski definition) is 3. The summed E-state index contributed by atoms with van der Waals surface area (Å²) < 4.78 is 5.90. The number of esters is 1. The second kappa shape index (κ2) is 46.7. The maximum atomic E-state index is 13.2. The average Bonchev–Trinajstić information content (AvgIpc) is 3.22. The van der Waals surface area contributed by atoms with Crippen LogP contribution >= 0.6 is 0 Å². The Bertz CT molecular complexity index is 878. The molecule has 0 saturated carbocycles. The van der Waals surface area contributed by atoms with Crippen molar-refractivity contribution in [1.82, 2.24) is 5.32 Å². The summed E-state index contributed by atoms with van der Waals surface area (Å²) in [6.07, 6.45) is 51.4. The number of amides is 1. The van der Waals surface area contributed by atoms with Gasteiger partial charge in [-0.25, -0.2) is 0 Å². The monoisotopic (exact) mass is 820 g/mol. The van der Waals surface area contributed by atoms with E-state index in [2.05, 4.69) is 38.2 Å². The number of aliphatic hydroxyl groups is 2. The van der Waals surface area contributed by atoms with Gasteiger partial charge < -0.3 is 20.3 Å². The lowest BCUT2D eigenvalue weighted by molar-refractivity contribution is -0.151. The second-order valence-electron chi connectivity index (χ2n) is 17.9. The molecule has 0 aliphatic heterocycles. The van der Waals surface area contributed by atoms with E-state index in [0.29, 0.717) is 19.3 Å². The summed E-state index contributed by atoms with van der Waals surface area (Å²) in [4.78, 5) is 26.0. The van der Waals surface area contributed by atoms with Gasteiger partial charge in [0.1, 0.15) is 6.10 Å². The molecule has 0 aromatic rings. The highest BCUT2D eigenvalue weighted by molar-refractivity contribution is 5.77. The van der Waals surface area contributed by atoms with Crippen LogP contribution in [0.15, 0.2) is 12.2 Å². The normalized spacial score (nSPS) is 13.3. The third kappa shape index (κ3) is 41.3. The summed E-state index contributed by atoms with van der Waals surface area (Å²) in [7, 11) is 0. The van der Waals surface area contributed by atoms with Crippen LogP contribution in [-0.2, 0) is 14.3 Å². The zero-order valence-electron chi connectivity index (χ0n) is 39.2. The first-order valence-corrected chi connectivity index (χ1v) is 25.9. The van der Waals surface area contributed by atoms with Crippen LogP contribution in [0.25, 0.3) is 0 Å². The molecule has 0 aliphatic carbocycles. The highest BCUT2D eigenvalue weighted by atomic mass is 16.5. The topological polar surface area (TPSA) is 95.9 Å². The number of aliphatic hydroxyl groups excluding tert-OH is 2. The van der Waals surface area contributed by atoms with Crippen molar-refractivity contribution < 1.29 is 24.5 Å². The van der Waals surface area contributed by atoms with E-state index in [0.717, 1.165) is 51.4 Å². The fourth-order valence-corrected chi connectivity index (χ4v) is 8.14. The van der Waals surface area contributed by atoms with Gasteiger partial charge in [0.05, 0.1) is 25.2 Å². The highest BCUT2D eigenvalue weighted by Gasteiger charge is 2.24. The highest BCUT2D eigenvalue weighted by Crippen LogP contribution is 2.18. The molecular weight excluding hydrogens is 719 g/mol. The smallest absolute Gasteiger partial charge is 0.306 e. The minimum atomic E-state index is -0.788. The Kier molecular flexibility index (Phi) is 45.5. The van der Waals surface area contributed by atoms with E-state index in [1.165, 1.54) is 186 Å². The molecule has 58 heavy (non-hydrogen) atoms. The van der Waals surface area contributed by atoms with Gasteiger partial charge in [-0.1, -0.05) is 238 Å². The number of rotatable bonds is 47. The number of nitrogens with one attached hydrogen (secondary N) is 1. The molecule has 0 fully saturated rings. The van der Waals surface area contributed by atoms with Crippen LogP contribution in [-0.4, -0.2) is 46.9 Å². The minimum absolute atomic E-state index is 0.0634. The molecule has 0 bridgehead atoms. The fourth-order valence-electron chi connectivity index (χ4n) is 8.14. The minimum Gasteiger partial charge on any atom is -0.462 e. The van der Waals surface area contributed by atoms with Crippen LogP contribution in [0.1, 0.15) is 284 Å². The van der Waals surface area contributed by atoms with Crippen LogP contribution in [0.4, 0.5) is 0 Å². The van der Waals surface area contributed by atoms with Crippen molar-refractivity contribution in [2.75, 3.05) is 6.61 Å². The summed E-state index contributed by atoms with van der Waals surface area (Å²) >= 11 is 0. The van der Waals surface area contributed by atoms with Gasteiger partial charge in [0.2, 0.25) is 5.91 Å². The molecule has 344 valence electrons. The van der Waals surface area contributed by atoms with Gasteiger partial charge in [0.25, 0.3) is 0 Å². The standard InChI is InChI=1S/C52H101NO5/c1-4-7-10-13-16-19-22-24-25-26-27-28-30-32-35-38-41-44-50(55)49(47-54)53-51(56)46-48(43-40-37-34-31-29-23-20-17-14-11-8-5-2)58-52(57)45-42-39-36-33-21-18-15-12-9-6-3/h31,34,48-50,54-55H,4-30,32-33,35-47H2,1-3H3,(H,53,56)/b34-31-. The Morgan fingerprint density at radius 1 is 0.483 bits per heavy atom. The number of allylic oxidation sites excluding steroid dienone is 2. The Labute approximate surface area is 361 Å². The maximum absolute atomic E-state index is 13.2. The van der Waals surface area contributed by atoms with Gasteiger partial charge in [-0.05, 0) is 44.9 Å².